The molecule has 4 rings (SSSR count). The Balaban J connectivity index is 1.33. The topological polar surface area (TPSA) is 76.3 Å². The molecule has 2 aromatic rings. The van der Waals surface area contributed by atoms with Crippen molar-refractivity contribution in [2.45, 2.75) is 63.3 Å². The van der Waals surface area contributed by atoms with Gasteiger partial charge in [-0.25, -0.2) is 0 Å². The molecule has 0 N–H and O–H groups in total. The fraction of sp³-hybridized carbons (Fsp3) is 0.524. The van der Waals surface area contributed by atoms with Crippen molar-refractivity contribution in [3.05, 3.63) is 46.6 Å². The van der Waals surface area contributed by atoms with E-state index in [9.17, 15) is 9.59 Å². The molecule has 0 radical (unpaired) electrons. The summed E-state index contributed by atoms with van der Waals surface area (Å²) in [7, 11) is 0. The summed E-state index contributed by atoms with van der Waals surface area (Å²) in [5.74, 6) is 1.22. The summed E-state index contributed by atoms with van der Waals surface area (Å²) >= 11 is 5.85. The standard InChI is InChI=1S/C21H24ClN3O3/c22-16-8-6-14(7-9-16)18(26)10-11-19-23-21(24-28-19)15-12-20(27)25(13-15)17-4-2-1-3-5-17/h6-9,15,17H,1-5,10-13H2/t15-/m1/s1. The number of rotatable bonds is 6. The molecule has 6 nitrogen and oxygen atoms in total. The highest BCUT2D eigenvalue weighted by Gasteiger charge is 2.37. The highest BCUT2D eigenvalue weighted by atomic mass is 35.5. The van der Waals surface area contributed by atoms with Gasteiger partial charge < -0.3 is 9.42 Å². The molecule has 2 fully saturated rings. The fourth-order valence-electron chi connectivity index (χ4n) is 4.19. The van der Waals surface area contributed by atoms with Gasteiger partial charge in [-0.2, -0.15) is 4.98 Å². The van der Waals surface area contributed by atoms with Gasteiger partial charge in [-0.1, -0.05) is 36.0 Å². The zero-order valence-corrected chi connectivity index (χ0v) is 16.5. The summed E-state index contributed by atoms with van der Waals surface area (Å²) in [6, 6.07) is 7.21. The number of hydrogen-bond donors (Lipinski definition) is 0. The first-order chi connectivity index (χ1) is 13.6. The van der Waals surface area contributed by atoms with Crippen LogP contribution in [0.2, 0.25) is 5.02 Å². The van der Waals surface area contributed by atoms with Crippen molar-refractivity contribution in [3.63, 3.8) is 0 Å². The Bertz CT molecular complexity index is 843. The first-order valence-electron chi connectivity index (χ1n) is 10.0. The summed E-state index contributed by atoms with van der Waals surface area (Å²) in [4.78, 5) is 31.2. The maximum atomic E-state index is 12.4. The van der Waals surface area contributed by atoms with Crippen molar-refractivity contribution in [1.29, 1.82) is 0 Å². The number of carbonyl (C=O) groups is 2. The molecule has 7 heteroatoms. The number of benzene rings is 1. The summed E-state index contributed by atoms with van der Waals surface area (Å²) in [5.41, 5.74) is 0.619. The lowest BCUT2D eigenvalue weighted by Crippen LogP contribution is -2.37. The van der Waals surface area contributed by atoms with Gasteiger partial charge in [-0.05, 0) is 37.1 Å². The molecule has 28 heavy (non-hydrogen) atoms. The molecule has 1 aliphatic heterocycles. The van der Waals surface area contributed by atoms with E-state index in [2.05, 4.69) is 10.1 Å². The van der Waals surface area contributed by atoms with Gasteiger partial charge in [-0.3, -0.25) is 9.59 Å². The van der Waals surface area contributed by atoms with Gasteiger partial charge in [0.2, 0.25) is 11.8 Å². The molecule has 1 saturated heterocycles. The average molecular weight is 402 g/mol. The number of ketones is 1. The smallest absolute Gasteiger partial charge is 0.227 e. The number of hydrogen-bond acceptors (Lipinski definition) is 5. The van der Waals surface area contributed by atoms with E-state index in [0.29, 0.717) is 54.2 Å². The lowest BCUT2D eigenvalue weighted by atomic mass is 9.94. The molecule has 2 aliphatic rings. The Morgan fingerprint density at radius 2 is 1.93 bits per heavy atom. The van der Waals surface area contributed by atoms with Crippen molar-refractivity contribution >= 4 is 23.3 Å². The van der Waals surface area contributed by atoms with Gasteiger partial charge in [0.15, 0.2) is 11.6 Å². The Labute approximate surface area is 169 Å². The minimum Gasteiger partial charge on any atom is -0.339 e. The van der Waals surface area contributed by atoms with Crippen LogP contribution in [0.25, 0.3) is 0 Å². The maximum absolute atomic E-state index is 12.4. The predicted molar refractivity (Wildman–Crippen MR) is 104 cm³/mol. The second-order valence-corrected chi connectivity index (χ2v) is 8.15. The quantitative estimate of drug-likeness (QED) is 0.678. The highest BCUT2D eigenvalue weighted by molar-refractivity contribution is 6.30. The Morgan fingerprint density at radius 3 is 2.68 bits per heavy atom. The van der Waals surface area contributed by atoms with E-state index < -0.39 is 0 Å². The molecule has 1 amide bonds. The molecular weight excluding hydrogens is 378 g/mol. The van der Waals surface area contributed by atoms with E-state index in [4.69, 9.17) is 16.1 Å². The summed E-state index contributed by atoms with van der Waals surface area (Å²) in [5, 5.41) is 4.68. The van der Waals surface area contributed by atoms with Crippen molar-refractivity contribution < 1.29 is 14.1 Å². The van der Waals surface area contributed by atoms with Gasteiger partial charge in [0.05, 0.1) is 0 Å². The summed E-state index contributed by atoms with van der Waals surface area (Å²) in [6.45, 7) is 0.673. The van der Waals surface area contributed by atoms with Crippen LogP contribution in [0.5, 0.6) is 0 Å². The number of aromatic nitrogens is 2. The number of nitrogens with zero attached hydrogens (tertiary/aromatic N) is 3. The average Bonchev–Trinajstić information content (AvgIpc) is 3.34. The first kappa shape index (κ1) is 19.1. The summed E-state index contributed by atoms with van der Waals surface area (Å²) in [6.07, 6.45) is 7.00. The zero-order chi connectivity index (χ0) is 19.5. The van der Waals surface area contributed by atoms with Crippen LogP contribution in [0.4, 0.5) is 0 Å². The van der Waals surface area contributed by atoms with Gasteiger partial charge in [0, 0.05) is 48.4 Å². The molecule has 0 bridgehead atoms. The summed E-state index contributed by atoms with van der Waals surface area (Å²) < 4.78 is 5.33. The van der Waals surface area contributed by atoms with E-state index in [1.54, 1.807) is 24.3 Å². The third-order valence-electron chi connectivity index (χ3n) is 5.75. The molecule has 1 atom stereocenters. The molecule has 1 aromatic heterocycles. The van der Waals surface area contributed by atoms with Crippen LogP contribution in [-0.4, -0.2) is 39.3 Å². The molecule has 0 unspecified atom stereocenters. The van der Waals surface area contributed by atoms with Crippen LogP contribution in [-0.2, 0) is 11.2 Å². The van der Waals surface area contributed by atoms with Crippen molar-refractivity contribution in [3.8, 4) is 0 Å². The number of aryl methyl sites for hydroxylation is 1. The maximum Gasteiger partial charge on any atom is 0.227 e. The number of halogens is 1. The normalized spacial score (nSPS) is 20.7. The first-order valence-corrected chi connectivity index (χ1v) is 10.4. The lowest BCUT2D eigenvalue weighted by Gasteiger charge is -2.31. The minimum atomic E-state index is -0.0149. The third kappa shape index (κ3) is 4.27. The SMILES string of the molecule is O=C(CCc1nc([C@@H]2CC(=O)N(C3CCCCC3)C2)no1)c1ccc(Cl)cc1. The van der Waals surface area contributed by atoms with Gasteiger partial charge in [-0.15, -0.1) is 0 Å². The zero-order valence-electron chi connectivity index (χ0n) is 15.8. The van der Waals surface area contributed by atoms with E-state index in [1.165, 1.54) is 19.3 Å². The predicted octanol–water partition coefficient (Wildman–Crippen LogP) is 4.19. The van der Waals surface area contributed by atoms with Crippen molar-refractivity contribution in [2.75, 3.05) is 6.54 Å². The Kier molecular flexibility index (Phi) is 5.76. The number of likely N-dealkylation sites (tertiary alicyclic amines) is 1. The van der Waals surface area contributed by atoms with E-state index in [1.807, 2.05) is 4.90 Å². The molecule has 1 saturated carbocycles. The molecular formula is C21H24ClN3O3. The number of carbonyl (C=O) groups excluding carboxylic acids is 2. The lowest BCUT2D eigenvalue weighted by molar-refractivity contribution is -0.130. The van der Waals surface area contributed by atoms with Gasteiger partial charge in [0.1, 0.15) is 0 Å². The second-order valence-electron chi connectivity index (χ2n) is 7.72. The van der Waals surface area contributed by atoms with Crippen LogP contribution >= 0.6 is 11.6 Å². The number of amides is 1. The third-order valence-corrected chi connectivity index (χ3v) is 6.01. The van der Waals surface area contributed by atoms with Gasteiger partial charge in [0.25, 0.3) is 0 Å². The van der Waals surface area contributed by atoms with Crippen LogP contribution in [0, 0.1) is 0 Å². The molecule has 148 valence electrons. The van der Waals surface area contributed by atoms with Crippen molar-refractivity contribution in [1.82, 2.24) is 15.0 Å². The van der Waals surface area contributed by atoms with E-state index in [-0.39, 0.29) is 17.6 Å². The molecule has 0 spiro atoms. The highest BCUT2D eigenvalue weighted by Crippen LogP contribution is 2.32. The van der Waals surface area contributed by atoms with Crippen LogP contribution in [0.3, 0.4) is 0 Å². The van der Waals surface area contributed by atoms with E-state index in [0.717, 1.165) is 12.8 Å². The number of Topliss-reactive ketones (excluding diaryl/α,β-unsaturated/α-hetero) is 1. The Hall–Kier alpha value is -2.21. The van der Waals surface area contributed by atoms with Crippen molar-refractivity contribution in [2.24, 2.45) is 0 Å². The van der Waals surface area contributed by atoms with Gasteiger partial charge >= 0.3 is 0 Å². The molecule has 1 aliphatic carbocycles. The largest absolute Gasteiger partial charge is 0.339 e. The molecule has 1 aromatic carbocycles. The minimum absolute atomic E-state index is 0.0101. The molecule has 2 heterocycles. The van der Waals surface area contributed by atoms with Crippen LogP contribution < -0.4 is 0 Å². The van der Waals surface area contributed by atoms with Crippen LogP contribution in [0.1, 0.15) is 72.9 Å². The fourth-order valence-corrected chi connectivity index (χ4v) is 4.31. The Morgan fingerprint density at radius 1 is 1.18 bits per heavy atom. The monoisotopic (exact) mass is 401 g/mol. The van der Waals surface area contributed by atoms with E-state index >= 15 is 0 Å². The van der Waals surface area contributed by atoms with Crippen LogP contribution in [0.15, 0.2) is 28.8 Å². The second kappa shape index (κ2) is 8.43.